The van der Waals surface area contributed by atoms with Crippen LogP contribution in [0.3, 0.4) is 0 Å². The maximum atomic E-state index is 8.79. The monoisotopic (exact) mass is 241 g/mol. The van der Waals surface area contributed by atoms with Gasteiger partial charge < -0.3 is 4.57 Å². The Morgan fingerprint density at radius 3 is 2.94 bits per heavy atom. The third kappa shape index (κ3) is 1.83. The van der Waals surface area contributed by atoms with Crippen molar-refractivity contribution in [2.45, 2.75) is 11.8 Å². The Morgan fingerprint density at radius 1 is 1.35 bits per heavy atom. The number of aromatic nitrogens is 2. The number of nitrogens with zero attached hydrogens (tertiary/aromatic N) is 3. The van der Waals surface area contributed by atoms with Gasteiger partial charge >= 0.3 is 0 Å². The predicted molar refractivity (Wildman–Crippen MR) is 67.7 cm³/mol. The lowest BCUT2D eigenvalue weighted by Gasteiger charge is -2.24. The molecule has 0 saturated carbocycles. The van der Waals surface area contributed by atoms with E-state index in [0.29, 0.717) is 10.8 Å². The summed E-state index contributed by atoms with van der Waals surface area (Å²) in [5.41, 5.74) is 3.21. The van der Waals surface area contributed by atoms with Crippen LogP contribution in [0.1, 0.15) is 22.1 Å². The fourth-order valence-electron chi connectivity index (χ4n) is 2.09. The molecule has 1 aliphatic heterocycles. The van der Waals surface area contributed by atoms with Crippen LogP contribution in [0.4, 0.5) is 0 Å². The second-order valence-corrected chi connectivity index (χ2v) is 5.21. The summed E-state index contributed by atoms with van der Waals surface area (Å²) in [7, 11) is 0. The number of hydrogen-bond acceptors (Lipinski definition) is 3. The summed E-state index contributed by atoms with van der Waals surface area (Å²) in [6, 6.07) is 9.99. The highest BCUT2D eigenvalue weighted by Crippen LogP contribution is 2.38. The Morgan fingerprint density at radius 2 is 2.18 bits per heavy atom. The molecule has 1 unspecified atom stereocenters. The summed E-state index contributed by atoms with van der Waals surface area (Å²) in [6.07, 6.45) is 3.83. The molecule has 0 aliphatic carbocycles. The van der Waals surface area contributed by atoms with Crippen molar-refractivity contribution in [1.29, 1.82) is 5.26 Å². The van der Waals surface area contributed by atoms with Gasteiger partial charge in [-0.15, -0.1) is 11.8 Å². The van der Waals surface area contributed by atoms with E-state index < -0.39 is 0 Å². The standard InChI is InChI=1S/C13H11N3S/c14-7-10-1-3-11(4-2-10)13-12-8-15-9-16(12)5-6-17-13/h1-4,8-9,13H,5-6H2. The van der Waals surface area contributed by atoms with Gasteiger partial charge in [-0.3, -0.25) is 0 Å². The van der Waals surface area contributed by atoms with E-state index in [1.54, 1.807) is 0 Å². The number of nitriles is 1. The van der Waals surface area contributed by atoms with Gasteiger partial charge in [-0.2, -0.15) is 5.26 Å². The Labute approximate surface area is 104 Å². The molecular formula is C13H11N3S. The van der Waals surface area contributed by atoms with Crippen LogP contribution in [-0.2, 0) is 6.54 Å². The molecule has 1 atom stereocenters. The summed E-state index contributed by atoms with van der Waals surface area (Å²) < 4.78 is 2.21. The van der Waals surface area contributed by atoms with Crippen LogP contribution in [0.2, 0.25) is 0 Å². The second-order valence-electron chi connectivity index (χ2n) is 4.00. The van der Waals surface area contributed by atoms with E-state index in [2.05, 4.69) is 15.6 Å². The van der Waals surface area contributed by atoms with E-state index in [-0.39, 0.29) is 0 Å². The molecule has 17 heavy (non-hydrogen) atoms. The second kappa shape index (κ2) is 4.27. The van der Waals surface area contributed by atoms with E-state index in [4.69, 9.17) is 5.26 Å². The average Bonchev–Trinajstić information content (AvgIpc) is 2.87. The smallest absolute Gasteiger partial charge is 0.0991 e. The Bertz CT molecular complexity index is 565. The molecule has 3 nitrogen and oxygen atoms in total. The number of aryl methyl sites for hydroxylation is 1. The maximum absolute atomic E-state index is 8.79. The zero-order chi connectivity index (χ0) is 11.7. The van der Waals surface area contributed by atoms with Gasteiger partial charge in [0.2, 0.25) is 0 Å². The minimum Gasteiger partial charge on any atom is -0.332 e. The molecule has 0 fully saturated rings. The lowest BCUT2D eigenvalue weighted by atomic mass is 10.1. The van der Waals surface area contributed by atoms with Crippen molar-refractivity contribution >= 4 is 11.8 Å². The highest BCUT2D eigenvalue weighted by Gasteiger charge is 2.22. The van der Waals surface area contributed by atoms with Crippen LogP contribution >= 0.6 is 11.8 Å². The Balaban J connectivity index is 1.98. The first kappa shape index (κ1) is 10.4. The molecule has 0 amide bonds. The summed E-state index contributed by atoms with van der Waals surface area (Å²) in [4.78, 5) is 4.21. The topological polar surface area (TPSA) is 41.6 Å². The van der Waals surface area contributed by atoms with Gasteiger partial charge in [0.1, 0.15) is 0 Å². The van der Waals surface area contributed by atoms with Crippen molar-refractivity contribution in [1.82, 2.24) is 9.55 Å². The van der Waals surface area contributed by atoms with Gasteiger partial charge in [-0.05, 0) is 17.7 Å². The van der Waals surface area contributed by atoms with Gasteiger partial charge in [0.05, 0.1) is 28.9 Å². The first-order valence-corrected chi connectivity index (χ1v) is 6.55. The van der Waals surface area contributed by atoms with E-state index >= 15 is 0 Å². The Hall–Kier alpha value is -1.73. The minimum absolute atomic E-state index is 0.346. The normalized spacial score (nSPS) is 18.4. The quantitative estimate of drug-likeness (QED) is 0.770. The molecule has 3 rings (SSSR count). The summed E-state index contributed by atoms with van der Waals surface area (Å²) in [5.74, 6) is 1.11. The van der Waals surface area contributed by atoms with Crippen molar-refractivity contribution in [3.05, 3.63) is 53.6 Å². The third-order valence-electron chi connectivity index (χ3n) is 2.97. The first-order valence-electron chi connectivity index (χ1n) is 5.50. The largest absolute Gasteiger partial charge is 0.332 e. The zero-order valence-electron chi connectivity index (χ0n) is 9.21. The van der Waals surface area contributed by atoms with Crippen LogP contribution in [0, 0.1) is 11.3 Å². The summed E-state index contributed by atoms with van der Waals surface area (Å²) >= 11 is 1.93. The van der Waals surface area contributed by atoms with E-state index in [0.717, 1.165) is 12.3 Å². The number of thioether (sulfide) groups is 1. The van der Waals surface area contributed by atoms with Gasteiger partial charge in [-0.25, -0.2) is 4.98 Å². The fourth-order valence-corrected chi connectivity index (χ4v) is 3.34. The van der Waals surface area contributed by atoms with Crippen molar-refractivity contribution < 1.29 is 0 Å². The minimum atomic E-state index is 0.346. The molecule has 0 bridgehead atoms. The fraction of sp³-hybridized carbons (Fsp3) is 0.231. The summed E-state index contributed by atoms with van der Waals surface area (Å²) in [6.45, 7) is 1.03. The first-order chi connectivity index (χ1) is 8.38. The van der Waals surface area contributed by atoms with E-state index in [1.165, 1.54) is 11.3 Å². The molecule has 0 radical (unpaired) electrons. The van der Waals surface area contributed by atoms with Gasteiger partial charge in [-0.1, -0.05) is 12.1 Å². The molecule has 0 spiro atoms. The van der Waals surface area contributed by atoms with E-state index in [1.807, 2.05) is 48.6 Å². The number of fused-ring (bicyclic) bond motifs is 1. The molecule has 0 saturated heterocycles. The van der Waals surface area contributed by atoms with Crippen LogP contribution in [0.15, 0.2) is 36.8 Å². The number of benzene rings is 1. The molecule has 2 heterocycles. The van der Waals surface area contributed by atoms with Crippen LogP contribution in [0.5, 0.6) is 0 Å². The van der Waals surface area contributed by atoms with Gasteiger partial charge in [0.25, 0.3) is 0 Å². The third-order valence-corrected chi connectivity index (χ3v) is 4.24. The highest BCUT2D eigenvalue weighted by molar-refractivity contribution is 7.99. The molecule has 4 heteroatoms. The van der Waals surface area contributed by atoms with Crippen LogP contribution in [0.25, 0.3) is 0 Å². The van der Waals surface area contributed by atoms with Crippen molar-refractivity contribution in [2.75, 3.05) is 5.75 Å². The molecular weight excluding hydrogens is 230 g/mol. The summed E-state index contributed by atoms with van der Waals surface area (Å²) in [5, 5.41) is 9.14. The Kier molecular flexibility index (Phi) is 2.62. The lowest BCUT2D eigenvalue weighted by Crippen LogP contribution is -2.14. The van der Waals surface area contributed by atoms with Crippen LogP contribution < -0.4 is 0 Å². The van der Waals surface area contributed by atoms with Crippen molar-refractivity contribution in [3.8, 4) is 6.07 Å². The highest BCUT2D eigenvalue weighted by atomic mass is 32.2. The van der Waals surface area contributed by atoms with Crippen molar-refractivity contribution in [3.63, 3.8) is 0 Å². The average molecular weight is 241 g/mol. The van der Waals surface area contributed by atoms with Gasteiger partial charge in [0.15, 0.2) is 0 Å². The molecule has 0 N–H and O–H groups in total. The van der Waals surface area contributed by atoms with Crippen molar-refractivity contribution in [2.24, 2.45) is 0 Å². The number of imidazole rings is 1. The molecule has 2 aromatic rings. The predicted octanol–water partition coefficient (Wildman–Crippen LogP) is 2.59. The molecule has 1 aromatic heterocycles. The molecule has 84 valence electrons. The number of rotatable bonds is 1. The van der Waals surface area contributed by atoms with E-state index in [9.17, 15) is 0 Å². The zero-order valence-corrected chi connectivity index (χ0v) is 10.0. The van der Waals surface area contributed by atoms with Crippen LogP contribution in [-0.4, -0.2) is 15.3 Å². The lowest BCUT2D eigenvalue weighted by molar-refractivity contribution is 0.708. The number of hydrogen-bond donors (Lipinski definition) is 0. The van der Waals surface area contributed by atoms with Gasteiger partial charge in [0, 0.05) is 18.5 Å². The molecule has 1 aliphatic rings. The SMILES string of the molecule is N#Cc1ccc(C2SCCn3cncc32)cc1. The maximum Gasteiger partial charge on any atom is 0.0991 e. The molecule has 1 aromatic carbocycles.